The maximum atomic E-state index is 5.31. The Bertz CT molecular complexity index is 195. The van der Waals surface area contributed by atoms with Gasteiger partial charge in [0.1, 0.15) is 0 Å². The van der Waals surface area contributed by atoms with Crippen LogP contribution >= 0.6 is 0 Å². The molecule has 0 aromatic heterocycles. The average Bonchev–Trinajstić information content (AvgIpc) is 2.40. The largest absolute Gasteiger partial charge is 0.500 e. The van der Waals surface area contributed by atoms with Gasteiger partial charge in [0.2, 0.25) is 0 Å². The van der Waals surface area contributed by atoms with Crippen molar-refractivity contribution in [2.45, 2.75) is 65.3 Å². The molecule has 0 rings (SSSR count). The fourth-order valence-electron chi connectivity index (χ4n) is 1.75. The third-order valence-electron chi connectivity index (χ3n) is 2.95. The van der Waals surface area contributed by atoms with Crippen LogP contribution in [0.1, 0.15) is 59.3 Å². The van der Waals surface area contributed by atoms with Crippen LogP contribution in [0.15, 0.2) is 12.2 Å². The first kappa shape index (κ1) is 21.1. The minimum atomic E-state index is -2.27. The number of rotatable bonds is 10. The normalized spacial score (nSPS) is 10.8. The summed E-state index contributed by atoms with van der Waals surface area (Å²) in [5.74, 6) is 0. The van der Waals surface area contributed by atoms with E-state index in [9.17, 15) is 0 Å². The summed E-state index contributed by atoms with van der Waals surface area (Å²) in [4.78, 5) is 0. The van der Waals surface area contributed by atoms with Gasteiger partial charge in [0.05, 0.1) is 0 Å². The first-order valence-electron chi connectivity index (χ1n) is 7.31. The standard InChI is InChI=1S/C9H22O3Si.C6H12/c1-5-6-7-8-9-13(10-2,11-3)12-4;1-4-5-6(2)3/h5-9H2,1-4H3;2,4-5H2,1,3H3. The van der Waals surface area contributed by atoms with Crippen molar-refractivity contribution in [1.82, 2.24) is 0 Å². The average molecular weight is 291 g/mol. The van der Waals surface area contributed by atoms with Gasteiger partial charge in [-0.05, 0) is 19.8 Å². The second-order valence-electron chi connectivity index (χ2n) is 4.81. The first-order valence-corrected chi connectivity index (χ1v) is 9.24. The molecule has 19 heavy (non-hydrogen) atoms. The van der Waals surface area contributed by atoms with Gasteiger partial charge in [-0.3, -0.25) is 0 Å². The van der Waals surface area contributed by atoms with Crippen LogP contribution in [0.2, 0.25) is 6.04 Å². The van der Waals surface area contributed by atoms with E-state index in [1.165, 1.54) is 37.7 Å². The molecular weight excluding hydrogens is 256 g/mol. The topological polar surface area (TPSA) is 27.7 Å². The summed E-state index contributed by atoms with van der Waals surface area (Å²) < 4.78 is 15.9. The zero-order chi connectivity index (χ0) is 15.1. The summed E-state index contributed by atoms with van der Waals surface area (Å²) in [6.07, 6.45) is 7.31. The molecule has 116 valence electrons. The zero-order valence-electron chi connectivity index (χ0n) is 13.9. The molecule has 0 saturated carbocycles. The summed E-state index contributed by atoms with van der Waals surface area (Å²) in [5.41, 5.74) is 1.29. The van der Waals surface area contributed by atoms with Gasteiger partial charge in [0, 0.05) is 27.4 Å². The maximum Gasteiger partial charge on any atom is 0.500 e. The third-order valence-corrected chi connectivity index (χ3v) is 5.78. The highest BCUT2D eigenvalue weighted by atomic mass is 28.4. The minimum Gasteiger partial charge on any atom is -0.377 e. The monoisotopic (exact) mass is 290 g/mol. The molecule has 0 aliphatic carbocycles. The lowest BCUT2D eigenvalue weighted by molar-refractivity contribution is 0.122. The van der Waals surface area contributed by atoms with E-state index >= 15 is 0 Å². The van der Waals surface area contributed by atoms with Gasteiger partial charge in [-0.1, -0.05) is 45.1 Å². The Balaban J connectivity index is 0. The molecule has 0 aromatic rings. The second-order valence-corrected chi connectivity index (χ2v) is 7.90. The Kier molecular flexibility index (Phi) is 15.9. The molecule has 0 amide bonds. The molecule has 0 spiro atoms. The quantitative estimate of drug-likeness (QED) is 0.328. The van der Waals surface area contributed by atoms with Crippen LogP contribution in [0.3, 0.4) is 0 Å². The Morgan fingerprint density at radius 2 is 1.42 bits per heavy atom. The molecule has 0 bridgehead atoms. The molecular formula is C15H34O3Si. The van der Waals surface area contributed by atoms with Crippen LogP contribution in [-0.4, -0.2) is 30.1 Å². The molecule has 4 heteroatoms. The fraction of sp³-hybridized carbons (Fsp3) is 0.867. The highest BCUT2D eigenvalue weighted by Crippen LogP contribution is 2.17. The number of hydrogen-bond donors (Lipinski definition) is 0. The molecule has 0 heterocycles. The van der Waals surface area contributed by atoms with E-state index < -0.39 is 8.80 Å². The lowest BCUT2D eigenvalue weighted by Gasteiger charge is -2.24. The summed E-state index contributed by atoms with van der Waals surface area (Å²) in [6.45, 7) is 10.2. The van der Waals surface area contributed by atoms with Crippen molar-refractivity contribution in [3.8, 4) is 0 Å². The van der Waals surface area contributed by atoms with Crippen LogP contribution in [0.5, 0.6) is 0 Å². The van der Waals surface area contributed by atoms with Gasteiger partial charge < -0.3 is 13.3 Å². The van der Waals surface area contributed by atoms with Crippen LogP contribution in [0.4, 0.5) is 0 Å². The van der Waals surface area contributed by atoms with Crippen LogP contribution < -0.4 is 0 Å². The van der Waals surface area contributed by atoms with Gasteiger partial charge in [0.15, 0.2) is 0 Å². The smallest absolute Gasteiger partial charge is 0.377 e. The minimum absolute atomic E-state index is 0.927. The molecule has 0 aliphatic rings. The van der Waals surface area contributed by atoms with E-state index in [1.807, 2.05) is 0 Å². The van der Waals surface area contributed by atoms with Gasteiger partial charge in [-0.25, -0.2) is 0 Å². The Morgan fingerprint density at radius 3 is 1.68 bits per heavy atom. The van der Waals surface area contributed by atoms with Crippen molar-refractivity contribution >= 4 is 8.80 Å². The molecule has 0 saturated heterocycles. The SMILES string of the molecule is C=C(C)CCC.CCCCCC[Si](OC)(OC)OC. The molecule has 0 atom stereocenters. The van der Waals surface area contributed by atoms with Crippen LogP contribution in [0, 0.1) is 0 Å². The van der Waals surface area contributed by atoms with Crippen molar-refractivity contribution < 1.29 is 13.3 Å². The predicted molar refractivity (Wildman–Crippen MR) is 85.5 cm³/mol. The molecule has 0 N–H and O–H groups in total. The maximum absolute atomic E-state index is 5.31. The Morgan fingerprint density at radius 1 is 0.895 bits per heavy atom. The zero-order valence-corrected chi connectivity index (χ0v) is 14.9. The van der Waals surface area contributed by atoms with Gasteiger partial charge in [-0.2, -0.15) is 0 Å². The first-order chi connectivity index (χ1) is 9.01. The molecule has 0 unspecified atom stereocenters. The van der Waals surface area contributed by atoms with E-state index in [0.29, 0.717) is 0 Å². The van der Waals surface area contributed by atoms with Gasteiger partial charge >= 0.3 is 8.80 Å². The molecule has 3 nitrogen and oxygen atoms in total. The summed E-state index contributed by atoms with van der Waals surface area (Å²) in [7, 11) is 2.73. The van der Waals surface area contributed by atoms with Crippen LogP contribution in [-0.2, 0) is 13.3 Å². The highest BCUT2D eigenvalue weighted by molar-refractivity contribution is 6.60. The Hall–Kier alpha value is -0.163. The van der Waals surface area contributed by atoms with E-state index in [4.69, 9.17) is 13.3 Å². The molecule has 0 aliphatic heterocycles. The lowest BCUT2D eigenvalue weighted by atomic mass is 10.2. The van der Waals surface area contributed by atoms with Crippen molar-refractivity contribution in [2.75, 3.05) is 21.3 Å². The molecule has 0 aromatic carbocycles. The second kappa shape index (κ2) is 14.3. The van der Waals surface area contributed by atoms with Gasteiger partial charge in [0.25, 0.3) is 0 Å². The number of hydrogen-bond acceptors (Lipinski definition) is 3. The highest BCUT2D eigenvalue weighted by Gasteiger charge is 2.36. The number of allylic oxidation sites excluding steroid dienone is 1. The third kappa shape index (κ3) is 12.6. The molecule has 0 radical (unpaired) electrons. The summed E-state index contributed by atoms with van der Waals surface area (Å²) in [5, 5.41) is 0. The number of unbranched alkanes of at least 4 members (excludes halogenated alkanes) is 3. The van der Waals surface area contributed by atoms with E-state index in [2.05, 4.69) is 27.4 Å². The van der Waals surface area contributed by atoms with E-state index in [-0.39, 0.29) is 0 Å². The van der Waals surface area contributed by atoms with Crippen molar-refractivity contribution in [2.24, 2.45) is 0 Å². The fourth-order valence-corrected chi connectivity index (χ4v) is 3.55. The predicted octanol–water partition coefficient (Wildman–Crippen LogP) is 4.81. The van der Waals surface area contributed by atoms with Gasteiger partial charge in [-0.15, -0.1) is 6.58 Å². The van der Waals surface area contributed by atoms with Crippen LogP contribution in [0.25, 0.3) is 0 Å². The lowest BCUT2D eigenvalue weighted by Crippen LogP contribution is -2.42. The summed E-state index contributed by atoms with van der Waals surface area (Å²) >= 11 is 0. The summed E-state index contributed by atoms with van der Waals surface area (Å²) in [6, 6.07) is 0.927. The van der Waals surface area contributed by atoms with E-state index in [0.717, 1.165) is 12.5 Å². The van der Waals surface area contributed by atoms with Crippen molar-refractivity contribution in [1.29, 1.82) is 0 Å². The Labute approximate surface area is 121 Å². The molecule has 0 fully saturated rings. The van der Waals surface area contributed by atoms with E-state index in [1.54, 1.807) is 21.3 Å². The van der Waals surface area contributed by atoms with Crippen molar-refractivity contribution in [3.63, 3.8) is 0 Å². The van der Waals surface area contributed by atoms with Crippen molar-refractivity contribution in [3.05, 3.63) is 12.2 Å².